The highest BCUT2D eigenvalue weighted by molar-refractivity contribution is 4.80. The lowest BCUT2D eigenvalue weighted by atomic mass is 9.89. The van der Waals surface area contributed by atoms with E-state index >= 15 is 0 Å². The Morgan fingerprint density at radius 3 is 2.77 bits per heavy atom. The molecule has 0 amide bonds. The lowest BCUT2D eigenvalue weighted by molar-refractivity contribution is 0.101. The number of nitrogens with two attached hydrogens (primary N) is 1. The van der Waals surface area contributed by atoms with Crippen molar-refractivity contribution in [3.63, 3.8) is 0 Å². The molecule has 0 saturated carbocycles. The Morgan fingerprint density at radius 2 is 2.23 bits per heavy atom. The van der Waals surface area contributed by atoms with Crippen molar-refractivity contribution in [2.24, 2.45) is 11.7 Å². The zero-order valence-corrected chi connectivity index (χ0v) is 8.74. The van der Waals surface area contributed by atoms with Crippen LogP contribution in [-0.4, -0.2) is 42.3 Å². The summed E-state index contributed by atoms with van der Waals surface area (Å²) in [6.07, 6.45) is 2.70. The van der Waals surface area contributed by atoms with Crippen molar-refractivity contribution in [1.82, 2.24) is 4.90 Å². The molecule has 0 bridgehead atoms. The second-order valence-electron chi connectivity index (χ2n) is 4.38. The Hall–Kier alpha value is -0.120. The first kappa shape index (κ1) is 11.0. The summed E-state index contributed by atoms with van der Waals surface area (Å²) in [5.41, 5.74) is 5.91. The number of rotatable bonds is 3. The fourth-order valence-electron chi connectivity index (χ4n) is 2.22. The zero-order valence-electron chi connectivity index (χ0n) is 8.74. The van der Waals surface area contributed by atoms with E-state index in [9.17, 15) is 5.11 Å². The molecule has 0 aromatic rings. The topological polar surface area (TPSA) is 49.5 Å². The van der Waals surface area contributed by atoms with Crippen molar-refractivity contribution in [2.45, 2.75) is 38.3 Å². The molecule has 3 unspecified atom stereocenters. The third-order valence-electron chi connectivity index (χ3n) is 2.83. The fourth-order valence-corrected chi connectivity index (χ4v) is 2.22. The van der Waals surface area contributed by atoms with E-state index in [2.05, 4.69) is 11.9 Å². The smallest absolute Gasteiger partial charge is 0.0540 e. The van der Waals surface area contributed by atoms with Crippen molar-refractivity contribution in [3.05, 3.63) is 0 Å². The monoisotopic (exact) mass is 186 g/mol. The number of likely N-dealkylation sites (tertiary alicyclic amines) is 1. The molecule has 0 aromatic heterocycles. The van der Waals surface area contributed by atoms with Crippen LogP contribution in [-0.2, 0) is 0 Å². The predicted octanol–water partition coefficient (Wildman–Crippen LogP) is 0.426. The van der Waals surface area contributed by atoms with Gasteiger partial charge in [-0.2, -0.15) is 0 Å². The molecule has 1 saturated heterocycles. The van der Waals surface area contributed by atoms with E-state index in [4.69, 9.17) is 5.73 Å². The Kier molecular flexibility index (Phi) is 4.16. The van der Waals surface area contributed by atoms with Gasteiger partial charge >= 0.3 is 0 Å². The van der Waals surface area contributed by atoms with Crippen LogP contribution >= 0.6 is 0 Å². The quantitative estimate of drug-likeness (QED) is 0.672. The predicted molar refractivity (Wildman–Crippen MR) is 54.5 cm³/mol. The molecule has 0 aromatic carbocycles. The summed E-state index contributed by atoms with van der Waals surface area (Å²) in [7, 11) is 2.10. The van der Waals surface area contributed by atoms with E-state index in [1.54, 1.807) is 0 Å². The van der Waals surface area contributed by atoms with Crippen LogP contribution in [0.3, 0.4) is 0 Å². The lowest BCUT2D eigenvalue weighted by Crippen LogP contribution is -2.45. The summed E-state index contributed by atoms with van der Waals surface area (Å²) in [5, 5.41) is 9.52. The van der Waals surface area contributed by atoms with E-state index < -0.39 is 0 Å². The minimum Gasteiger partial charge on any atom is -0.393 e. The van der Waals surface area contributed by atoms with Crippen LogP contribution in [0.1, 0.15) is 26.2 Å². The first-order valence-electron chi connectivity index (χ1n) is 5.24. The number of likely N-dealkylation sites (N-methyl/N-ethyl adjacent to an activating group) is 1. The standard InChI is InChI=1S/C10H22N2O/c1-3-10(13)5-8-4-9(11)7-12(2)6-8/h8-10,13H,3-7,11H2,1-2H3. The second-order valence-corrected chi connectivity index (χ2v) is 4.38. The van der Waals surface area contributed by atoms with Gasteiger partial charge in [-0.3, -0.25) is 0 Å². The molecule has 13 heavy (non-hydrogen) atoms. The molecule has 78 valence electrons. The fraction of sp³-hybridized carbons (Fsp3) is 1.00. The maximum absolute atomic E-state index is 9.52. The molecule has 1 heterocycles. The van der Waals surface area contributed by atoms with Crippen LogP contribution in [0, 0.1) is 5.92 Å². The molecule has 3 heteroatoms. The molecule has 0 radical (unpaired) electrons. The molecule has 3 N–H and O–H groups in total. The first-order chi connectivity index (χ1) is 6.11. The minimum absolute atomic E-state index is 0.135. The normalized spacial score (nSPS) is 33.2. The highest BCUT2D eigenvalue weighted by Gasteiger charge is 2.24. The number of aliphatic hydroxyl groups excluding tert-OH is 1. The molecule has 0 spiro atoms. The van der Waals surface area contributed by atoms with Crippen LogP contribution in [0.2, 0.25) is 0 Å². The Bertz CT molecular complexity index is 142. The molecule has 1 fully saturated rings. The van der Waals surface area contributed by atoms with Gasteiger partial charge in [0.15, 0.2) is 0 Å². The number of nitrogens with zero attached hydrogens (tertiary/aromatic N) is 1. The molecule has 3 nitrogen and oxygen atoms in total. The third-order valence-corrected chi connectivity index (χ3v) is 2.83. The summed E-state index contributed by atoms with van der Waals surface area (Å²) in [6, 6.07) is 0.299. The Morgan fingerprint density at radius 1 is 1.54 bits per heavy atom. The van der Waals surface area contributed by atoms with Crippen LogP contribution in [0.25, 0.3) is 0 Å². The number of piperidine rings is 1. The van der Waals surface area contributed by atoms with Crippen LogP contribution in [0.4, 0.5) is 0 Å². The van der Waals surface area contributed by atoms with E-state index in [-0.39, 0.29) is 6.10 Å². The van der Waals surface area contributed by atoms with Crippen molar-refractivity contribution in [3.8, 4) is 0 Å². The van der Waals surface area contributed by atoms with Gasteiger partial charge in [0.2, 0.25) is 0 Å². The lowest BCUT2D eigenvalue weighted by Gasteiger charge is -2.34. The van der Waals surface area contributed by atoms with E-state index in [1.807, 2.05) is 6.92 Å². The molecule has 1 aliphatic heterocycles. The average Bonchev–Trinajstić information content (AvgIpc) is 2.02. The Labute approximate surface area is 80.9 Å². The van der Waals surface area contributed by atoms with Gasteiger partial charge < -0.3 is 15.7 Å². The van der Waals surface area contributed by atoms with Crippen LogP contribution < -0.4 is 5.73 Å². The van der Waals surface area contributed by atoms with Gasteiger partial charge in [-0.05, 0) is 32.2 Å². The summed E-state index contributed by atoms with van der Waals surface area (Å²) in [5.74, 6) is 0.587. The average molecular weight is 186 g/mol. The third kappa shape index (κ3) is 3.63. The summed E-state index contributed by atoms with van der Waals surface area (Å²) in [4.78, 5) is 2.27. The SMILES string of the molecule is CCC(O)CC1CC(N)CN(C)C1. The number of hydrogen-bond donors (Lipinski definition) is 2. The van der Waals surface area contributed by atoms with Gasteiger partial charge in [0.1, 0.15) is 0 Å². The Balaban J connectivity index is 2.32. The second kappa shape index (κ2) is 4.94. The van der Waals surface area contributed by atoms with Crippen molar-refractivity contribution >= 4 is 0 Å². The summed E-state index contributed by atoms with van der Waals surface area (Å²) < 4.78 is 0. The van der Waals surface area contributed by atoms with Gasteiger partial charge in [0.05, 0.1) is 6.10 Å². The van der Waals surface area contributed by atoms with Crippen molar-refractivity contribution in [1.29, 1.82) is 0 Å². The van der Waals surface area contributed by atoms with Gasteiger partial charge in [0, 0.05) is 19.1 Å². The van der Waals surface area contributed by atoms with E-state index in [0.717, 1.165) is 32.4 Å². The highest BCUT2D eigenvalue weighted by atomic mass is 16.3. The molecule has 0 aliphatic carbocycles. The highest BCUT2D eigenvalue weighted by Crippen LogP contribution is 2.20. The van der Waals surface area contributed by atoms with Gasteiger partial charge in [-0.15, -0.1) is 0 Å². The van der Waals surface area contributed by atoms with Crippen molar-refractivity contribution in [2.75, 3.05) is 20.1 Å². The molecule has 3 atom stereocenters. The minimum atomic E-state index is -0.135. The molecular weight excluding hydrogens is 164 g/mol. The van der Waals surface area contributed by atoms with Crippen LogP contribution in [0.15, 0.2) is 0 Å². The zero-order chi connectivity index (χ0) is 9.84. The van der Waals surface area contributed by atoms with Gasteiger partial charge in [-0.25, -0.2) is 0 Å². The first-order valence-corrected chi connectivity index (χ1v) is 5.24. The molecular formula is C10H22N2O. The number of aliphatic hydroxyl groups is 1. The van der Waals surface area contributed by atoms with Gasteiger partial charge in [0.25, 0.3) is 0 Å². The molecule has 1 aliphatic rings. The largest absolute Gasteiger partial charge is 0.393 e. The van der Waals surface area contributed by atoms with Crippen molar-refractivity contribution < 1.29 is 5.11 Å². The summed E-state index contributed by atoms with van der Waals surface area (Å²) >= 11 is 0. The maximum Gasteiger partial charge on any atom is 0.0540 e. The van der Waals surface area contributed by atoms with E-state index in [0.29, 0.717) is 12.0 Å². The maximum atomic E-state index is 9.52. The van der Waals surface area contributed by atoms with Crippen LogP contribution in [0.5, 0.6) is 0 Å². The molecule has 1 rings (SSSR count). The van der Waals surface area contributed by atoms with Gasteiger partial charge in [-0.1, -0.05) is 6.92 Å². The summed E-state index contributed by atoms with van der Waals surface area (Å²) in [6.45, 7) is 4.11. The van der Waals surface area contributed by atoms with E-state index in [1.165, 1.54) is 0 Å². The number of hydrogen-bond acceptors (Lipinski definition) is 3.